The fraction of sp³-hybridized carbons (Fsp3) is 1.00. The van der Waals surface area contributed by atoms with Crippen LogP contribution in [0.1, 0.15) is 66.7 Å². The quantitative estimate of drug-likeness (QED) is 0.770. The van der Waals surface area contributed by atoms with Gasteiger partial charge in [0, 0.05) is 6.04 Å². The van der Waals surface area contributed by atoms with E-state index in [1.165, 1.54) is 51.7 Å². The second-order valence-corrected chi connectivity index (χ2v) is 9.72. The van der Waals surface area contributed by atoms with Gasteiger partial charge in [0.05, 0.1) is 0 Å². The Balaban J connectivity index is 1.63. The van der Waals surface area contributed by atoms with Crippen LogP contribution >= 0.6 is 0 Å². The summed E-state index contributed by atoms with van der Waals surface area (Å²) in [5.41, 5.74) is 0. The summed E-state index contributed by atoms with van der Waals surface area (Å²) < 4.78 is 0. The third kappa shape index (κ3) is 3.70. The molecule has 0 bridgehead atoms. The lowest BCUT2D eigenvalue weighted by Gasteiger charge is -2.38. The van der Waals surface area contributed by atoms with Gasteiger partial charge < -0.3 is 10.6 Å². The van der Waals surface area contributed by atoms with Crippen LogP contribution in [0.15, 0.2) is 0 Å². The molecule has 2 N–H and O–H groups in total. The molecule has 1 saturated carbocycles. The van der Waals surface area contributed by atoms with E-state index in [-0.39, 0.29) is 0 Å². The van der Waals surface area contributed by atoms with E-state index in [1.807, 2.05) is 0 Å². The van der Waals surface area contributed by atoms with E-state index in [1.54, 1.807) is 0 Å². The van der Waals surface area contributed by atoms with Crippen LogP contribution in [0.25, 0.3) is 0 Å². The summed E-state index contributed by atoms with van der Waals surface area (Å²) >= 11 is 0. The average molecular weight is 335 g/mol. The Kier molecular flexibility index (Phi) is 6.30. The van der Waals surface area contributed by atoms with Gasteiger partial charge >= 0.3 is 0 Å². The summed E-state index contributed by atoms with van der Waals surface area (Å²) in [5.74, 6) is 7.44. The molecule has 3 aliphatic rings. The summed E-state index contributed by atoms with van der Waals surface area (Å²) in [4.78, 5) is 0. The molecule has 2 heterocycles. The molecule has 2 saturated heterocycles. The topological polar surface area (TPSA) is 24.1 Å². The number of piperidine rings is 2. The van der Waals surface area contributed by atoms with Crippen LogP contribution < -0.4 is 10.6 Å². The zero-order valence-electron chi connectivity index (χ0n) is 16.9. The van der Waals surface area contributed by atoms with E-state index in [4.69, 9.17) is 0 Å². The molecule has 0 aromatic heterocycles. The van der Waals surface area contributed by atoms with Crippen molar-refractivity contribution in [2.45, 2.75) is 72.8 Å². The van der Waals surface area contributed by atoms with Gasteiger partial charge in [-0.1, -0.05) is 41.0 Å². The van der Waals surface area contributed by atoms with Crippen molar-refractivity contribution in [1.29, 1.82) is 0 Å². The van der Waals surface area contributed by atoms with Gasteiger partial charge in [0.2, 0.25) is 0 Å². The van der Waals surface area contributed by atoms with Crippen molar-refractivity contribution < 1.29 is 0 Å². The smallest absolute Gasteiger partial charge is 0.00955 e. The molecular weight excluding hydrogens is 292 g/mol. The highest BCUT2D eigenvalue weighted by Crippen LogP contribution is 2.52. The van der Waals surface area contributed by atoms with Crippen LogP contribution in [-0.4, -0.2) is 25.7 Å². The standard InChI is InChI=1S/C22H42N2/c1-6-18-20(16(5)19-8-9-23-13-21(18)19)11-15(4)22-12-17(14(2)3)7-10-24-22/h14-24H,6-13H2,1-5H3/t15-,16+,17?,18?,19?,20+,21?,22?/m0/s1. The fourth-order valence-electron chi connectivity index (χ4n) is 6.66. The maximum Gasteiger partial charge on any atom is 0.00955 e. The summed E-state index contributed by atoms with van der Waals surface area (Å²) in [5, 5.41) is 7.56. The molecule has 8 atom stereocenters. The van der Waals surface area contributed by atoms with Crippen LogP contribution in [0.2, 0.25) is 0 Å². The predicted octanol–water partition coefficient (Wildman–Crippen LogP) is 4.55. The van der Waals surface area contributed by atoms with Crippen LogP contribution in [0.3, 0.4) is 0 Å². The summed E-state index contributed by atoms with van der Waals surface area (Å²) in [7, 11) is 0. The maximum atomic E-state index is 3.88. The Hall–Kier alpha value is -0.0800. The van der Waals surface area contributed by atoms with Crippen LogP contribution in [0.4, 0.5) is 0 Å². The second-order valence-electron chi connectivity index (χ2n) is 9.72. The van der Waals surface area contributed by atoms with E-state index in [0.29, 0.717) is 0 Å². The van der Waals surface area contributed by atoms with Crippen molar-refractivity contribution in [2.75, 3.05) is 19.6 Å². The van der Waals surface area contributed by atoms with Gasteiger partial charge in [-0.15, -0.1) is 0 Å². The third-order valence-electron chi connectivity index (χ3n) is 8.26. The average Bonchev–Trinajstić information content (AvgIpc) is 2.87. The first kappa shape index (κ1) is 18.7. The Morgan fingerprint density at radius 1 is 1.00 bits per heavy atom. The molecule has 2 heteroatoms. The molecule has 24 heavy (non-hydrogen) atoms. The lowest BCUT2D eigenvalue weighted by Crippen LogP contribution is -2.44. The van der Waals surface area contributed by atoms with Crippen LogP contribution in [-0.2, 0) is 0 Å². The molecule has 0 aromatic carbocycles. The van der Waals surface area contributed by atoms with Gasteiger partial charge in [-0.3, -0.25) is 0 Å². The van der Waals surface area contributed by atoms with E-state index in [0.717, 1.165) is 53.4 Å². The van der Waals surface area contributed by atoms with Crippen molar-refractivity contribution in [2.24, 2.45) is 47.3 Å². The monoisotopic (exact) mass is 334 g/mol. The van der Waals surface area contributed by atoms with Gasteiger partial charge in [-0.05, 0) is 92.7 Å². The Morgan fingerprint density at radius 3 is 2.50 bits per heavy atom. The SMILES string of the molecule is CCC1C2CNCCC2[C@@H](C)[C@H]1C[C@H](C)C1CC(C(C)C)CCN1. The molecule has 3 fully saturated rings. The van der Waals surface area contributed by atoms with Crippen molar-refractivity contribution in [3.05, 3.63) is 0 Å². The molecule has 0 aromatic rings. The molecule has 3 rings (SSSR count). The molecule has 2 nitrogen and oxygen atoms in total. The minimum absolute atomic E-state index is 0.761. The Labute approximate surface area is 150 Å². The van der Waals surface area contributed by atoms with E-state index in [9.17, 15) is 0 Å². The summed E-state index contributed by atoms with van der Waals surface area (Å²) in [6, 6.07) is 0.761. The summed E-state index contributed by atoms with van der Waals surface area (Å²) in [6.07, 6.45) is 7.05. The molecule has 2 aliphatic heterocycles. The number of hydrogen-bond acceptors (Lipinski definition) is 2. The zero-order chi connectivity index (χ0) is 17.3. The lowest BCUT2D eigenvalue weighted by atomic mass is 9.74. The van der Waals surface area contributed by atoms with E-state index >= 15 is 0 Å². The number of hydrogen-bond donors (Lipinski definition) is 2. The van der Waals surface area contributed by atoms with Crippen molar-refractivity contribution in [3.8, 4) is 0 Å². The first-order valence-electron chi connectivity index (χ1n) is 11.0. The zero-order valence-corrected chi connectivity index (χ0v) is 16.9. The van der Waals surface area contributed by atoms with Crippen molar-refractivity contribution in [1.82, 2.24) is 10.6 Å². The molecular formula is C22H42N2. The van der Waals surface area contributed by atoms with E-state index in [2.05, 4.69) is 45.3 Å². The minimum Gasteiger partial charge on any atom is -0.316 e. The van der Waals surface area contributed by atoms with E-state index < -0.39 is 0 Å². The molecule has 1 aliphatic carbocycles. The number of fused-ring (bicyclic) bond motifs is 1. The third-order valence-corrected chi connectivity index (χ3v) is 8.26. The fourth-order valence-corrected chi connectivity index (χ4v) is 6.66. The normalized spacial score (nSPS) is 44.5. The highest BCUT2D eigenvalue weighted by molar-refractivity contribution is 4.99. The van der Waals surface area contributed by atoms with Gasteiger partial charge in [0.15, 0.2) is 0 Å². The molecule has 0 amide bonds. The second kappa shape index (κ2) is 8.08. The predicted molar refractivity (Wildman–Crippen MR) is 104 cm³/mol. The number of rotatable bonds is 5. The summed E-state index contributed by atoms with van der Waals surface area (Å²) in [6.45, 7) is 16.2. The number of nitrogens with one attached hydrogen (secondary N) is 2. The molecule has 140 valence electrons. The van der Waals surface area contributed by atoms with Crippen molar-refractivity contribution >= 4 is 0 Å². The van der Waals surface area contributed by atoms with Gasteiger partial charge in [0.25, 0.3) is 0 Å². The first-order valence-corrected chi connectivity index (χ1v) is 11.0. The van der Waals surface area contributed by atoms with Crippen LogP contribution in [0.5, 0.6) is 0 Å². The lowest BCUT2D eigenvalue weighted by molar-refractivity contribution is 0.163. The molecule has 0 radical (unpaired) electrons. The Morgan fingerprint density at radius 2 is 1.79 bits per heavy atom. The maximum absolute atomic E-state index is 3.88. The molecule has 0 spiro atoms. The minimum atomic E-state index is 0.761. The van der Waals surface area contributed by atoms with Gasteiger partial charge in [0.1, 0.15) is 0 Å². The van der Waals surface area contributed by atoms with Gasteiger partial charge in [-0.25, -0.2) is 0 Å². The van der Waals surface area contributed by atoms with Crippen LogP contribution in [0, 0.1) is 47.3 Å². The van der Waals surface area contributed by atoms with Crippen molar-refractivity contribution in [3.63, 3.8) is 0 Å². The molecule has 5 unspecified atom stereocenters. The highest BCUT2D eigenvalue weighted by atomic mass is 14.9. The largest absolute Gasteiger partial charge is 0.316 e. The van der Waals surface area contributed by atoms with Gasteiger partial charge in [-0.2, -0.15) is 0 Å². The first-order chi connectivity index (χ1) is 11.5. The highest BCUT2D eigenvalue weighted by Gasteiger charge is 2.48. The Bertz CT molecular complexity index is 393.